The van der Waals surface area contributed by atoms with Gasteiger partial charge in [0.25, 0.3) is 0 Å². The van der Waals surface area contributed by atoms with Crippen LogP contribution in [0.2, 0.25) is 0 Å². The maximum absolute atomic E-state index is 13.4. The van der Waals surface area contributed by atoms with Gasteiger partial charge in [0.15, 0.2) is 0 Å². The van der Waals surface area contributed by atoms with Gasteiger partial charge in [0, 0.05) is 30.1 Å². The zero-order chi connectivity index (χ0) is 26.8. The van der Waals surface area contributed by atoms with Crippen LogP contribution in [0, 0.1) is 18.3 Å². The van der Waals surface area contributed by atoms with Gasteiger partial charge in [0.1, 0.15) is 17.5 Å². The standard InChI is InChI=1S/C26H27N4O6P/c1-18-25(31)24(16-28-13-12-20-8-10-21(14-27)11-9-20)22(15-29-18)17-35-37(34,30-19(2)26(32)33)36-23-6-4-3-5-7-23/h3-11,15-16,19,31H,12-13,17H2,1-2H3,(H,30,34)(H,32,33). The lowest BCUT2D eigenvalue weighted by Gasteiger charge is -2.22. The van der Waals surface area contributed by atoms with Gasteiger partial charge in [0.2, 0.25) is 0 Å². The van der Waals surface area contributed by atoms with E-state index in [9.17, 15) is 19.6 Å². The average molecular weight is 522 g/mol. The number of carbonyl (C=O) groups is 1. The highest BCUT2D eigenvalue weighted by atomic mass is 31.2. The van der Waals surface area contributed by atoms with E-state index >= 15 is 0 Å². The minimum absolute atomic E-state index is 0.103. The molecule has 1 heterocycles. The number of hydrogen-bond acceptors (Lipinski definition) is 8. The second-order valence-corrected chi connectivity index (χ2v) is 9.78. The molecule has 0 aliphatic carbocycles. The first-order valence-electron chi connectivity index (χ1n) is 11.4. The maximum atomic E-state index is 13.4. The number of para-hydroxylation sites is 1. The molecule has 2 atom stereocenters. The number of carboxylic acids is 1. The summed E-state index contributed by atoms with van der Waals surface area (Å²) in [7, 11) is -4.15. The molecule has 3 aromatic rings. The number of aromatic nitrogens is 1. The van der Waals surface area contributed by atoms with Crippen molar-refractivity contribution < 1.29 is 28.6 Å². The van der Waals surface area contributed by atoms with Crippen LogP contribution in [-0.4, -0.2) is 40.0 Å². The van der Waals surface area contributed by atoms with E-state index in [1.54, 1.807) is 49.4 Å². The van der Waals surface area contributed by atoms with Gasteiger partial charge >= 0.3 is 13.7 Å². The molecule has 3 N–H and O–H groups in total. The molecule has 10 nitrogen and oxygen atoms in total. The quantitative estimate of drug-likeness (QED) is 0.232. The largest absolute Gasteiger partial charge is 0.505 e. The second kappa shape index (κ2) is 12.8. The first-order valence-corrected chi connectivity index (χ1v) is 12.9. The number of nitriles is 1. The van der Waals surface area contributed by atoms with E-state index in [4.69, 9.17) is 14.3 Å². The van der Waals surface area contributed by atoms with Gasteiger partial charge in [-0.2, -0.15) is 10.3 Å². The highest BCUT2D eigenvalue weighted by Crippen LogP contribution is 2.46. The predicted molar refractivity (Wildman–Crippen MR) is 138 cm³/mol. The second-order valence-electron chi connectivity index (χ2n) is 8.09. The van der Waals surface area contributed by atoms with Crippen molar-refractivity contribution in [3.8, 4) is 17.6 Å². The third kappa shape index (κ3) is 7.98. The Bertz CT molecular complexity index is 1340. The highest BCUT2D eigenvalue weighted by Gasteiger charge is 2.32. The molecule has 192 valence electrons. The molecule has 2 unspecified atom stereocenters. The summed E-state index contributed by atoms with van der Waals surface area (Å²) in [5.41, 5.74) is 2.68. The Kier molecular flexibility index (Phi) is 9.52. The molecule has 0 saturated heterocycles. The summed E-state index contributed by atoms with van der Waals surface area (Å²) in [6.07, 6.45) is 3.57. The molecule has 0 fully saturated rings. The summed E-state index contributed by atoms with van der Waals surface area (Å²) in [5, 5.41) is 31.2. The van der Waals surface area contributed by atoms with E-state index in [2.05, 4.69) is 21.1 Å². The Morgan fingerprint density at radius 3 is 2.59 bits per heavy atom. The topological polar surface area (TPSA) is 154 Å². The Morgan fingerprint density at radius 1 is 1.24 bits per heavy atom. The number of pyridine rings is 1. The lowest BCUT2D eigenvalue weighted by atomic mass is 10.1. The summed E-state index contributed by atoms with van der Waals surface area (Å²) in [6.45, 7) is 3.06. The van der Waals surface area contributed by atoms with E-state index in [-0.39, 0.29) is 18.1 Å². The smallest absolute Gasteiger partial charge is 0.459 e. The number of nitrogens with zero attached hydrogens (tertiary/aromatic N) is 3. The number of aryl methyl sites for hydroxylation is 1. The van der Waals surface area contributed by atoms with Gasteiger partial charge in [-0.15, -0.1) is 0 Å². The van der Waals surface area contributed by atoms with Gasteiger partial charge in [-0.3, -0.25) is 19.3 Å². The highest BCUT2D eigenvalue weighted by molar-refractivity contribution is 7.52. The van der Waals surface area contributed by atoms with Crippen LogP contribution in [0.25, 0.3) is 0 Å². The van der Waals surface area contributed by atoms with Crippen LogP contribution in [0.1, 0.15) is 34.9 Å². The molecule has 0 radical (unpaired) electrons. The molecule has 0 aliphatic heterocycles. The van der Waals surface area contributed by atoms with Crippen LogP contribution in [0.4, 0.5) is 0 Å². The van der Waals surface area contributed by atoms with Crippen molar-refractivity contribution in [2.24, 2.45) is 4.99 Å². The fraction of sp³-hybridized carbons (Fsp3) is 0.231. The normalized spacial score (nSPS) is 13.5. The number of nitrogens with one attached hydrogen (secondary N) is 1. The van der Waals surface area contributed by atoms with Crippen LogP contribution in [-0.2, 0) is 26.9 Å². The van der Waals surface area contributed by atoms with Crippen molar-refractivity contribution in [1.82, 2.24) is 10.1 Å². The first kappa shape index (κ1) is 27.6. The minimum atomic E-state index is -4.15. The molecule has 0 bridgehead atoms. The molecule has 0 saturated carbocycles. The van der Waals surface area contributed by atoms with Crippen molar-refractivity contribution in [2.75, 3.05) is 6.54 Å². The summed E-state index contributed by atoms with van der Waals surface area (Å²) in [6, 6.07) is 16.3. The minimum Gasteiger partial charge on any atom is -0.505 e. The van der Waals surface area contributed by atoms with Crippen LogP contribution in [0.3, 0.4) is 0 Å². The maximum Gasteiger partial charge on any atom is 0.459 e. The zero-order valence-corrected chi connectivity index (χ0v) is 21.3. The Balaban J connectivity index is 1.76. The Morgan fingerprint density at radius 2 is 1.95 bits per heavy atom. The Labute approximate surface area is 214 Å². The van der Waals surface area contributed by atoms with E-state index in [0.717, 1.165) is 5.56 Å². The number of rotatable bonds is 12. The first-order chi connectivity index (χ1) is 17.7. The number of carboxylic acid groups (broad SMARTS) is 1. The molecule has 0 amide bonds. The number of benzene rings is 2. The average Bonchev–Trinajstić information content (AvgIpc) is 2.89. The van der Waals surface area contributed by atoms with Gasteiger partial charge in [-0.1, -0.05) is 30.3 Å². The number of aliphatic carboxylic acids is 1. The SMILES string of the molecule is Cc1ncc(COP(=O)(NC(C)C(=O)O)Oc2ccccc2)c(C=NCCc2ccc(C#N)cc2)c1O. The third-order valence-electron chi connectivity index (χ3n) is 5.27. The predicted octanol–water partition coefficient (Wildman–Crippen LogP) is 4.40. The van der Waals surface area contributed by atoms with Gasteiger partial charge in [-0.25, -0.2) is 4.57 Å². The summed E-state index contributed by atoms with van der Waals surface area (Å²) >= 11 is 0. The molecule has 3 rings (SSSR count). The molecule has 0 spiro atoms. The molecule has 11 heteroatoms. The number of aromatic hydroxyl groups is 1. The third-order valence-corrected chi connectivity index (χ3v) is 6.90. The molecule has 37 heavy (non-hydrogen) atoms. The van der Waals surface area contributed by atoms with E-state index in [1.807, 2.05) is 12.1 Å². The van der Waals surface area contributed by atoms with Crippen LogP contribution in [0.5, 0.6) is 11.5 Å². The van der Waals surface area contributed by atoms with Crippen LogP contribution in [0.15, 0.2) is 65.8 Å². The number of hydrogen-bond donors (Lipinski definition) is 3. The Hall–Kier alpha value is -4.03. The van der Waals surface area contributed by atoms with Crippen molar-refractivity contribution in [2.45, 2.75) is 32.9 Å². The van der Waals surface area contributed by atoms with Gasteiger partial charge < -0.3 is 14.7 Å². The lowest BCUT2D eigenvalue weighted by molar-refractivity contribution is -0.138. The van der Waals surface area contributed by atoms with Crippen molar-refractivity contribution >= 4 is 19.9 Å². The summed E-state index contributed by atoms with van der Waals surface area (Å²) in [5.74, 6) is -1.11. The van der Waals surface area contributed by atoms with Gasteiger partial charge in [0.05, 0.1) is 23.9 Å². The van der Waals surface area contributed by atoms with E-state index < -0.39 is 19.8 Å². The van der Waals surface area contributed by atoms with Crippen molar-refractivity contribution in [3.05, 3.63) is 88.7 Å². The van der Waals surface area contributed by atoms with Crippen molar-refractivity contribution in [3.63, 3.8) is 0 Å². The monoisotopic (exact) mass is 522 g/mol. The van der Waals surface area contributed by atoms with Crippen LogP contribution < -0.4 is 9.61 Å². The van der Waals surface area contributed by atoms with Crippen LogP contribution >= 0.6 is 7.75 Å². The fourth-order valence-corrected chi connectivity index (χ4v) is 4.64. The zero-order valence-electron chi connectivity index (χ0n) is 20.4. The molecule has 1 aromatic heterocycles. The molecule has 2 aromatic carbocycles. The van der Waals surface area contributed by atoms with Gasteiger partial charge in [-0.05, 0) is 50.1 Å². The lowest BCUT2D eigenvalue weighted by Crippen LogP contribution is -2.33. The summed E-state index contributed by atoms with van der Waals surface area (Å²) in [4.78, 5) is 19.9. The molecular weight excluding hydrogens is 495 g/mol. The van der Waals surface area contributed by atoms with E-state index in [0.29, 0.717) is 35.3 Å². The van der Waals surface area contributed by atoms with Crippen molar-refractivity contribution in [1.29, 1.82) is 5.26 Å². The number of aliphatic imine (C=N–C) groups is 1. The molecular formula is C26H27N4O6P. The molecule has 0 aliphatic rings. The van der Waals surface area contributed by atoms with E-state index in [1.165, 1.54) is 19.3 Å². The fourth-order valence-electron chi connectivity index (χ4n) is 3.16. The summed E-state index contributed by atoms with van der Waals surface area (Å²) < 4.78 is 24.6.